The van der Waals surface area contributed by atoms with Gasteiger partial charge in [0.25, 0.3) is 11.6 Å². The fourth-order valence-electron chi connectivity index (χ4n) is 1.55. The summed E-state index contributed by atoms with van der Waals surface area (Å²) < 4.78 is 0. The maximum Gasteiger partial charge on any atom is 0.269 e. The molecule has 0 saturated carbocycles. The number of nitro groups is 1. The van der Waals surface area contributed by atoms with E-state index >= 15 is 0 Å². The van der Waals surface area contributed by atoms with E-state index in [0.717, 1.165) is 6.42 Å². The minimum Gasteiger partial charge on any atom is -0.352 e. The number of carbonyl (C=O) groups is 1. The molecule has 0 unspecified atom stereocenters. The molecule has 1 rings (SSSR count). The zero-order valence-corrected chi connectivity index (χ0v) is 10.5. The van der Waals surface area contributed by atoms with Crippen LogP contribution in [-0.2, 0) is 0 Å². The molecule has 0 saturated heterocycles. The number of allylic oxidation sites excluding steroid dienone is 1. The molecule has 5 nitrogen and oxygen atoms in total. The second-order valence-electron chi connectivity index (χ2n) is 3.87. The second kappa shape index (κ2) is 6.54. The zero-order valence-electron chi connectivity index (χ0n) is 10.5. The monoisotopic (exact) mass is 248 g/mol. The Balaban J connectivity index is 2.71. The lowest BCUT2D eigenvalue weighted by molar-refractivity contribution is -0.384. The maximum absolute atomic E-state index is 11.8. The summed E-state index contributed by atoms with van der Waals surface area (Å²) in [5.41, 5.74) is 1.08. The largest absolute Gasteiger partial charge is 0.352 e. The fraction of sp³-hybridized carbons (Fsp3) is 0.308. The summed E-state index contributed by atoms with van der Waals surface area (Å²) in [5, 5.41) is 13.3. The van der Waals surface area contributed by atoms with Crippen molar-refractivity contribution < 1.29 is 9.72 Å². The lowest BCUT2D eigenvalue weighted by Gasteiger charge is -2.06. The smallest absolute Gasteiger partial charge is 0.269 e. The van der Waals surface area contributed by atoms with Gasteiger partial charge >= 0.3 is 0 Å². The number of hydrogen-bond donors (Lipinski definition) is 1. The van der Waals surface area contributed by atoms with E-state index in [0.29, 0.717) is 17.7 Å². The Morgan fingerprint density at radius 2 is 2.22 bits per heavy atom. The van der Waals surface area contributed by atoms with E-state index in [1.54, 1.807) is 6.92 Å². The summed E-state index contributed by atoms with van der Waals surface area (Å²) in [5.74, 6) is -0.202. The van der Waals surface area contributed by atoms with Crippen molar-refractivity contribution in [1.82, 2.24) is 5.32 Å². The van der Waals surface area contributed by atoms with Gasteiger partial charge in [0.15, 0.2) is 0 Å². The van der Waals surface area contributed by atoms with Crippen LogP contribution in [0.2, 0.25) is 0 Å². The molecule has 0 fully saturated rings. The van der Waals surface area contributed by atoms with Crippen LogP contribution in [0.15, 0.2) is 30.4 Å². The van der Waals surface area contributed by atoms with Crippen molar-refractivity contribution in [1.29, 1.82) is 0 Å². The molecule has 0 heterocycles. The van der Waals surface area contributed by atoms with Crippen molar-refractivity contribution in [2.45, 2.75) is 20.3 Å². The summed E-state index contributed by atoms with van der Waals surface area (Å²) in [6.07, 6.45) is 4.65. The van der Waals surface area contributed by atoms with E-state index in [1.165, 1.54) is 18.2 Å². The van der Waals surface area contributed by atoms with Gasteiger partial charge < -0.3 is 5.32 Å². The Morgan fingerprint density at radius 1 is 1.50 bits per heavy atom. The summed E-state index contributed by atoms with van der Waals surface area (Å²) in [6, 6.07) is 4.23. The van der Waals surface area contributed by atoms with Gasteiger partial charge in [-0.2, -0.15) is 0 Å². The van der Waals surface area contributed by atoms with Crippen molar-refractivity contribution in [2.75, 3.05) is 6.54 Å². The molecule has 0 aromatic heterocycles. The molecule has 1 amide bonds. The number of nitrogens with zero attached hydrogens (tertiary/aromatic N) is 1. The molecule has 96 valence electrons. The second-order valence-corrected chi connectivity index (χ2v) is 3.87. The molecular weight excluding hydrogens is 232 g/mol. The number of hydrogen-bond acceptors (Lipinski definition) is 3. The summed E-state index contributed by atoms with van der Waals surface area (Å²) in [6.45, 7) is 4.16. The summed E-state index contributed by atoms with van der Waals surface area (Å²) >= 11 is 0. The Labute approximate surface area is 106 Å². The molecule has 18 heavy (non-hydrogen) atoms. The highest BCUT2D eigenvalue weighted by atomic mass is 16.6. The average Bonchev–Trinajstić information content (AvgIpc) is 2.34. The standard InChI is InChI=1S/C13H16N2O3/c1-3-4-5-8-14-13(16)12-7-6-11(15(17)18)9-10(12)2/h3-4,6-7,9H,5,8H2,1-2H3,(H,14,16)/b4-3+. The number of carbonyl (C=O) groups excluding carboxylic acids is 1. The predicted molar refractivity (Wildman–Crippen MR) is 69.6 cm³/mol. The third kappa shape index (κ3) is 3.69. The van der Waals surface area contributed by atoms with E-state index in [2.05, 4.69) is 5.32 Å². The Morgan fingerprint density at radius 3 is 2.78 bits per heavy atom. The molecular formula is C13H16N2O3. The van der Waals surface area contributed by atoms with Gasteiger partial charge in [-0.05, 0) is 31.9 Å². The van der Waals surface area contributed by atoms with Gasteiger partial charge in [-0.3, -0.25) is 14.9 Å². The maximum atomic E-state index is 11.8. The number of nitrogens with one attached hydrogen (secondary N) is 1. The van der Waals surface area contributed by atoms with Crippen molar-refractivity contribution in [2.24, 2.45) is 0 Å². The van der Waals surface area contributed by atoms with Crippen LogP contribution in [0.1, 0.15) is 29.3 Å². The Hall–Kier alpha value is -2.17. The van der Waals surface area contributed by atoms with Crippen LogP contribution in [0.5, 0.6) is 0 Å². The van der Waals surface area contributed by atoms with E-state index in [-0.39, 0.29) is 11.6 Å². The minimum absolute atomic E-state index is 0.00188. The first-order valence-corrected chi connectivity index (χ1v) is 5.70. The summed E-state index contributed by atoms with van der Waals surface area (Å²) in [7, 11) is 0. The van der Waals surface area contributed by atoms with Gasteiger partial charge in [0.1, 0.15) is 0 Å². The first kappa shape index (κ1) is 13.9. The number of nitro benzene ring substituents is 1. The van der Waals surface area contributed by atoms with Crippen LogP contribution in [-0.4, -0.2) is 17.4 Å². The lowest BCUT2D eigenvalue weighted by Crippen LogP contribution is -2.24. The van der Waals surface area contributed by atoms with Crippen LogP contribution in [0.4, 0.5) is 5.69 Å². The molecule has 0 aliphatic carbocycles. The third-order valence-corrected chi connectivity index (χ3v) is 2.50. The van der Waals surface area contributed by atoms with Crippen LogP contribution < -0.4 is 5.32 Å². The highest BCUT2D eigenvalue weighted by Crippen LogP contribution is 2.16. The molecule has 1 N–H and O–H groups in total. The van der Waals surface area contributed by atoms with Gasteiger partial charge in [-0.15, -0.1) is 0 Å². The highest BCUT2D eigenvalue weighted by molar-refractivity contribution is 5.95. The number of amides is 1. The van der Waals surface area contributed by atoms with Gasteiger partial charge in [-0.25, -0.2) is 0 Å². The SMILES string of the molecule is C/C=C/CCNC(=O)c1ccc([N+](=O)[O-])cc1C. The number of rotatable bonds is 5. The quantitative estimate of drug-likeness (QED) is 0.377. The Bertz CT molecular complexity index is 481. The number of aryl methyl sites for hydroxylation is 1. The normalized spacial score (nSPS) is 10.6. The van der Waals surface area contributed by atoms with E-state index in [4.69, 9.17) is 0 Å². The highest BCUT2D eigenvalue weighted by Gasteiger charge is 2.12. The van der Waals surface area contributed by atoms with Gasteiger partial charge in [0, 0.05) is 24.2 Å². The average molecular weight is 248 g/mol. The van der Waals surface area contributed by atoms with Crippen LogP contribution in [0.25, 0.3) is 0 Å². The van der Waals surface area contributed by atoms with Crippen LogP contribution in [0, 0.1) is 17.0 Å². The van der Waals surface area contributed by atoms with E-state index in [1.807, 2.05) is 19.1 Å². The van der Waals surface area contributed by atoms with Crippen molar-refractivity contribution in [3.63, 3.8) is 0 Å². The third-order valence-electron chi connectivity index (χ3n) is 2.50. The molecule has 1 aromatic rings. The predicted octanol–water partition coefficient (Wildman–Crippen LogP) is 2.60. The number of non-ortho nitro benzene ring substituents is 1. The van der Waals surface area contributed by atoms with Gasteiger partial charge in [0.2, 0.25) is 0 Å². The molecule has 0 atom stereocenters. The number of benzene rings is 1. The molecule has 0 aliphatic rings. The van der Waals surface area contributed by atoms with E-state index in [9.17, 15) is 14.9 Å². The molecule has 0 radical (unpaired) electrons. The fourth-order valence-corrected chi connectivity index (χ4v) is 1.55. The molecule has 0 aliphatic heterocycles. The first-order chi connectivity index (χ1) is 8.56. The molecule has 0 bridgehead atoms. The lowest BCUT2D eigenvalue weighted by atomic mass is 10.1. The summed E-state index contributed by atoms with van der Waals surface area (Å²) in [4.78, 5) is 21.9. The Kier molecular flexibility index (Phi) is 5.05. The van der Waals surface area contributed by atoms with Crippen molar-refractivity contribution >= 4 is 11.6 Å². The van der Waals surface area contributed by atoms with Crippen LogP contribution in [0.3, 0.4) is 0 Å². The molecule has 0 spiro atoms. The van der Waals surface area contributed by atoms with Crippen molar-refractivity contribution in [3.05, 3.63) is 51.6 Å². The first-order valence-electron chi connectivity index (χ1n) is 5.70. The van der Waals surface area contributed by atoms with Gasteiger partial charge in [-0.1, -0.05) is 12.2 Å². The molecule has 5 heteroatoms. The van der Waals surface area contributed by atoms with Crippen molar-refractivity contribution in [3.8, 4) is 0 Å². The van der Waals surface area contributed by atoms with Gasteiger partial charge in [0.05, 0.1) is 4.92 Å². The molecule has 1 aromatic carbocycles. The van der Waals surface area contributed by atoms with E-state index < -0.39 is 4.92 Å². The zero-order chi connectivity index (χ0) is 13.5. The van der Waals surface area contributed by atoms with Crippen LogP contribution >= 0.6 is 0 Å². The topological polar surface area (TPSA) is 72.2 Å². The minimum atomic E-state index is -0.472.